The Labute approximate surface area is 135 Å². The van der Waals surface area contributed by atoms with Gasteiger partial charge in [-0.3, -0.25) is 0 Å². The largest absolute Gasteiger partial charge is 0.361 e. The molecule has 0 radical (unpaired) electrons. The summed E-state index contributed by atoms with van der Waals surface area (Å²) < 4.78 is 16.1. The molecule has 3 aromatic heterocycles. The minimum Gasteiger partial charge on any atom is -0.361 e. The molecule has 0 fully saturated rings. The van der Waals surface area contributed by atoms with Gasteiger partial charge in [0.05, 0.1) is 14.9 Å². The molecule has 0 atom stereocenters. The van der Waals surface area contributed by atoms with Crippen LogP contribution in [-0.2, 0) is 0 Å². The number of aromatic nitrogens is 3. The number of fused-ring (bicyclic) bond motifs is 2. The van der Waals surface area contributed by atoms with E-state index in [1.165, 1.54) is 17.4 Å². The fourth-order valence-electron chi connectivity index (χ4n) is 2.38. The number of thiophene rings is 1. The summed E-state index contributed by atoms with van der Waals surface area (Å²) in [5, 5.41) is 2.77. The Morgan fingerprint density at radius 3 is 2.95 bits per heavy atom. The monoisotopic (exact) mass is 381 g/mol. The summed E-state index contributed by atoms with van der Waals surface area (Å²) >= 11 is 10.9. The molecule has 3 nitrogen and oxygen atoms in total. The summed E-state index contributed by atoms with van der Waals surface area (Å²) in [6.07, 6.45) is 1.78. The molecule has 0 amide bonds. The van der Waals surface area contributed by atoms with Crippen molar-refractivity contribution in [3.8, 4) is 11.3 Å². The first kappa shape index (κ1) is 13.2. The van der Waals surface area contributed by atoms with Crippen LogP contribution in [0.3, 0.4) is 0 Å². The van der Waals surface area contributed by atoms with Crippen molar-refractivity contribution in [2.45, 2.75) is 0 Å². The maximum Gasteiger partial charge on any atom is 0.223 e. The Hall–Kier alpha value is -1.50. The summed E-state index contributed by atoms with van der Waals surface area (Å²) in [6.45, 7) is 0. The third kappa shape index (κ3) is 1.97. The molecule has 0 saturated carbocycles. The van der Waals surface area contributed by atoms with Gasteiger partial charge in [-0.15, -0.1) is 11.3 Å². The van der Waals surface area contributed by atoms with Crippen LogP contribution in [0.2, 0.25) is 5.28 Å². The topological polar surface area (TPSA) is 41.6 Å². The van der Waals surface area contributed by atoms with E-state index in [4.69, 9.17) is 11.6 Å². The van der Waals surface area contributed by atoms with Crippen molar-refractivity contribution in [3.63, 3.8) is 0 Å². The number of H-pyrrole nitrogens is 1. The van der Waals surface area contributed by atoms with Gasteiger partial charge in [-0.25, -0.2) is 14.4 Å². The Morgan fingerprint density at radius 1 is 1.24 bits per heavy atom. The van der Waals surface area contributed by atoms with Crippen LogP contribution in [0.5, 0.6) is 0 Å². The van der Waals surface area contributed by atoms with Gasteiger partial charge in [0.25, 0.3) is 0 Å². The number of aromatic amines is 1. The molecule has 1 N–H and O–H groups in total. The quantitative estimate of drug-likeness (QED) is 0.448. The maximum atomic E-state index is 14.4. The number of rotatable bonds is 1. The molecule has 0 spiro atoms. The van der Waals surface area contributed by atoms with E-state index in [9.17, 15) is 4.39 Å². The summed E-state index contributed by atoms with van der Waals surface area (Å²) in [4.78, 5) is 11.5. The predicted octanol–water partition coefficient (Wildman–Crippen LogP) is 5.39. The van der Waals surface area contributed by atoms with E-state index in [0.717, 1.165) is 20.1 Å². The van der Waals surface area contributed by atoms with Crippen molar-refractivity contribution in [2.75, 3.05) is 0 Å². The Bertz CT molecular complexity index is 995. The SMILES string of the molecule is Fc1ccc2[nH]ccc2c1-c1nc(Cl)nc2c(Br)csc12. The lowest BCUT2D eigenvalue weighted by atomic mass is 10.1. The third-order valence-electron chi connectivity index (χ3n) is 3.27. The Kier molecular flexibility index (Phi) is 2.99. The second-order valence-electron chi connectivity index (χ2n) is 4.46. The molecule has 21 heavy (non-hydrogen) atoms. The van der Waals surface area contributed by atoms with Crippen LogP contribution in [0, 0.1) is 5.82 Å². The van der Waals surface area contributed by atoms with E-state index >= 15 is 0 Å². The second-order valence-corrected chi connectivity index (χ2v) is 6.54. The van der Waals surface area contributed by atoms with E-state index in [-0.39, 0.29) is 11.1 Å². The first-order valence-electron chi connectivity index (χ1n) is 6.01. The summed E-state index contributed by atoms with van der Waals surface area (Å²) in [5.41, 5.74) is 2.51. The fourth-order valence-corrected chi connectivity index (χ4v) is 4.11. The average Bonchev–Trinajstić information content (AvgIpc) is 3.06. The molecule has 0 aliphatic heterocycles. The maximum absolute atomic E-state index is 14.4. The molecule has 0 aliphatic carbocycles. The highest BCUT2D eigenvalue weighted by Gasteiger charge is 2.18. The number of halogens is 3. The average molecular weight is 383 g/mol. The van der Waals surface area contributed by atoms with Crippen molar-refractivity contribution in [3.05, 3.63) is 45.3 Å². The zero-order valence-electron chi connectivity index (χ0n) is 10.3. The molecule has 0 saturated heterocycles. The van der Waals surface area contributed by atoms with Crippen LogP contribution in [0.25, 0.3) is 32.4 Å². The molecule has 104 valence electrons. The first-order chi connectivity index (χ1) is 10.1. The van der Waals surface area contributed by atoms with E-state index in [1.807, 2.05) is 11.4 Å². The highest BCUT2D eigenvalue weighted by Crippen LogP contribution is 2.39. The summed E-state index contributed by atoms with van der Waals surface area (Å²) in [5.74, 6) is -0.331. The van der Waals surface area contributed by atoms with Crippen LogP contribution in [0.4, 0.5) is 4.39 Å². The molecule has 4 rings (SSSR count). The molecule has 0 bridgehead atoms. The van der Waals surface area contributed by atoms with Crippen molar-refractivity contribution in [2.24, 2.45) is 0 Å². The van der Waals surface area contributed by atoms with E-state index < -0.39 is 0 Å². The molecule has 0 unspecified atom stereocenters. The van der Waals surface area contributed by atoms with Gasteiger partial charge in [-0.1, -0.05) is 0 Å². The highest BCUT2D eigenvalue weighted by atomic mass is 79.9. The van der Waals surface area contributed by atoms with Gasteiger partial charge in [-0.2, -0.15) is 0 Å². The standard InChI is InChI=1S/C14H6BrClFN3S/c15-7-5-21-13-11(7)19-14(16)20-12(13)10-6-3-4-18-9(6)2-1-8(10)17/h1-5,18H. The number of hydrogen-bond acceptors (Lipinski definition) is 3. The molecular formula is C14H6BrClFN3S. The van der Waals surface area contributed by atoms with Crippen LogP contribution in [0.1, 0.15) is 0 Å². The van der Waals surface area contributed by atoms with Crippen LogP contribution < -0.4 is 0 Å². The van der Waals surface area contributed by atoms with Gasteiger partial charge in [0.15, 0.2) is 0 Å². The minimum atomic E-state index is -0.331. The lowest BCUT2D eigenvalue weighted by Crippen LogP contribution is -1.92. The first-order valence-corrected chi connectivity index (χ1v) is 8.06. The molecule has 3 heterocycles. The van der Waals surface area contributed by atoms with E-state index in [0.29, 0.717) is 16.8 Å². The van der Waals surface area contributed by atoms with Gasteiger partial charge in [-0.05, 0) is 45.7 Å². The lowest BCUT2D eigenvalue weighted by Gasteiger charge is -2.06. The van der Waals surface area contributed by atoms with Gasteiger partial charge in [0, 0.05) is 28.0 Å². The predicted molar refractivity (Wildman–Crippen MR) is 87.4 cm³/mol. The molecular weight excluding hydrogens is 377 g/mol. The van der Waals surface area contributed by atoms with Gasteiger partial charge < -0.3 is 4.98 Å². The van der Waals surface area contributed by atoms with Crippen molar-refractivity contribution in [1.29, 1.82) is 0 Å². The Morgan fingerprint density at radius 2 is 2.10 bits per heavy atom. The zero-order valence-corrected chi connectivity index (χ0v) is 13.5. The van der Waals surface area contributed by atoms with Crippen molar-refractivity contribution < 1.29 is 4.39 Å². The number of hydrogen-bond donors (Lipinski definition) is 1. The fraction of sp³-hybridized carbons (Fsp3) is 0. The Balaban J connectivity index is 2.18. The molecule has 4 aromatic rings. The highest BCUT2D eigenvalue weighted by molar-refractivity contribution is 9.10. The second kappa shape index (κ2) is 4.76. The summed E-state index contributed by atoms with van der Waals surface area (Å²) in [7, 11) is 0. The van der Waals surface area contributed by atoms with E-state index in [1.54, 1.807) is 12.3 Å². The zero-order chi connectivity index (χ0) is 14.6. The van der Waals surface area contributed by atoms with Crippen molar-refractivity contribution >= 4 is 60.0 Å². The minimum absolute atomic E-state index is 0.100. The van der Waals surface area contributed by atoms with Gasteiger partial charge in [0.1, 0.15) is 11.3 Å². The van der Waals surface area contributed by atoms with Gasteiger partial charge in [0.2, 0.25) is 5.28 Å². The molecule has 7 heteroatoms. The lowest BCUT2D eigenvalue weighted by molar-refractivity contribution is 0.632. The number of nitrogens with one attached hydrogen (secondary N) is 1. The summed E-state index contributed by atoms with van der Waals surface area (Å²) in [6, 6.07) is 4.97. The third-order valence-corrected chi connectivity index (χ3v) is 5.32. The number of benzene rings is 1. The molecule has 1 aromatic carbocycles. The normalized spacial score (nSPS) is 11.6. The number of nitrogens with zero attached hydrogens (tertiary/aromatic N) is 2. The van der Waals surface area contributed by atoms with E-state index in [2.05, 4.69) is 30.9 Å². The van der Waals surface area contributed by atoms with Crippen molar-refractivity contribution in [1.82, 2.24) is 15.0 Å². The molecule has 0 aliphatic rings. The van der Waals surface area contributed by atoms with Crippen LogP contribution in [0.15, 0.2) is 34.2 Å². The smallest absolute Gasteiger partial charge is 0.223 e. The van der Waals surface area contributed by atoms with Crippen LogP contribution >= 0.6 is 38.9 Å². The van der Waals surface area contributed by atoms with Crippen LogP contribution in [-0.4, -0.2) is 15.0 Å². The van der Waals surface area contributed by atoms with Gasteiger partial charge >= 0.3 is 0 Å².